The number of hydrogen-bond acceptors (Lipinski definition) is 12. The van der Waals surface area contributed by atoms with Crippen molar-refractivity contribution >= 4 is 24.1 Å². The number of rotatable bonds is 10. The third kappa shape index (κ3) is 7.33. The fourth-order valence-corrected chi connectivity index (χ4v) is 3.70. The van der Waals surface area contributed by atoms with Gasteiger partial charge in [0.15, 0.2) is 0 Å². The fourth-order valence-electron chi connectivity index (χ4n) is 3.70. The smallest absolute Gasteiger partial charge is 0.412 e. The van der Waals surface area contributed by atoms with Gasteiger partial charge in [0.25, 0.3) is 0 Å². The number of hydrogen-bond donors (Lipinski definition) is 0. The molecule has 3 heterocycles. The van der Waals surface area contributed by atoms with Crippen LogP contribution in [0.2, 0.25) is 0 Å². The Morgan fingerprint density at radius 1 is 0.725 bits per heavy atom. The molecule has 220 valence electrons. The molecule has 16 heteroatoms. The molecule has 2 aromatic heterocycles. The number of amides is 2. The molecular formula is C24H34N6O10. The van der Waals surface area contributed by atoms with E-state index in [1.165, 1.54) is 45.4 Å². The normalized spacial score (nSPS) is 14.7. The molecular weight excluding hydrogens is 532 g/mol. The maximum atomic E-state index is 12.6. The van der Waals surface area contributed by atoms with Gasteiger partial charge in [-0.1, -0.05) is 0 Å². The van der Waals surface area contributed by atoms with Gasteiger partial charge in [-0.25, -0.2) is 28.5 Å². The Labute approximate surface area is 230 Å². The third-order valence-corrected chi connectivity index (χ3v) is 5.64. The molecule has 3 rings (SSSR count). The van der Waals surface area contributed by atoms with Gasteiger partial charge in [0.2, 0.25) is 24.3 Å². The van der Waals surface area contributed by atoms with Gasteiger partial charge >= 0.3 is 24.1 Å². The first-order chi connectivity index (χ1) is 19.0. The second-order valence-corrected chi connectivity index (χ2v) is 8.53. The van der Waals surface area contributed by atoms with Crippen LogP contribution in [-0.4, -0.2) is 105 Å². The summed E-state index contributed by atoms with van der Waals surface area (Å²) >= 11 is 0. The van der Waals surface area contributed by atoms with E-state index in [0.29, 0.717) is 0 Å². The Morgan fingerprint density at radius 2 is 1.07 bits per heavy atom. The summed E-state index contributed by atoms with van der Waals surface area (Å²) in [5.41, 5.74) is 0.219. The Hall–Kier alpha value is -4.50. The average Bonchev–Trinajstić information content (AvgIpc) is 3.46. The molecule has 16 nitrogen and oxygen atoms in total. The SMILES string of the molecule is CCOC(=O)c1cnn(C)c1O[C@@H](C)OC(=O)N1CCN(C(=O)O[C@H](C)Oc2c(C(=O)OCC)cnn2C)CC1. The number of ether oxygens (including phenoxy) is 6. The van der Waals surface area contributed by atoms with E-state index in [1.807, 2.05) is 0 Å². The Bertz CT molecular complexity index is 1110. The minimum Gasteiger partial charge on any atom is -0.462 e. The largest absolute Gasteiger partial charge is 0.462 e. The van der Waals surface area contributed by atoms with Crippen LogP contribution >= 0.6 is 0 Å². The number of nitrogens with zero attached hydrogens (tertiary/aromatic N) is 6. The van der Waals surface area contributed by atoms with Crippen molar-refractivity contribution in [1.82, 2.24) is 29.4 Å². The number of aromatic nitrogens is 4. The van der Waals surface area contributed by atoms with E-state index in [4.69, 9.17) is 28.4 Å². The standard InChI is InChI=1S/C24H34N6O10/c1-7-35-21(31)17-13-25-27(5)19(17)37-15(3)39-23(33)29-9-11-30(12-10-29)24(34)40-16(4)38-20-18(14-26-28(20)6)22(32)36-8-2/h13-16H,7-12H2,1-6H3/t15-,16-/m1/s1. The number of aryl methyl sites for hydroxylation is 2. The predicted octanol–water partition coefficient (Wildman–Crippen LogP) is 1.55. The van der Waals surface area contributed by atoms with Crippen molar-refractivity contribution in [3.63, 3.8) is 0 Å². The van der Waals surface area contributed by atoms with Crippen LogP contribution in [0, 0.1) is 0 Å². The Balaban J connectivity index is 1.47. The van der Waals surface area contributed by atoms with Crippen molar-refractivity contribution < 1.29 is 47.6 Å². The van der Waals surface area contributed by atoms with Gasteiger partial charge in [-0.15, -0.1) is 0 Å². The Kier molecular flexibility index (Phi) is 10.2. The minimum atomic E-state index is -1.04. The summed E-state index contributed by atoms with van der Waals surface area (Å²) in [5.74, 6) is -1.01. The molecule has 1 saturated heterocycles. The number of piperazine rings is 1. The van der Waals surface area contributed by atoms with Crippen LogP contribution in [-0.2, 0) is 33.0 Å². The van der Waals surface area contributed by atoms with Crippen LogP contribution in [0.1, 0.15) is 48.4 Å². The van der Waals surface area contributed by atoms with Crippen molar-refractivity contribution in [3.8, 4) is 11.8 Å². The van der Waals surface area contributed by atoms with Crippen LogP contribution in [0.25, 0.3) is 0 Å². The zero-order valence-corrected chi connectivity index (χ0v) is 23.3. The van der Waals surface area contributed by atoms with Gasteiger partial charge in [0.05, 0.1) is 25.6 Å². The van der Waals surface area contributed by atoms with E-state index >= 15 is 0 Å². The van der Waals surface area contributed by atoms with E-state index in [1.54, 1.807) is 27.9 Å². The monoisotopic (exact) mass is 566 g/mol. The van der Waals surface area contributed by atoms with Gasteiger partial charge in [0, 0.05) is 54.1 Å². The number of esters is 2. The molecule has 40 heavy (non-hydrogen) atoms. The third-order valence-electron chi connectivity index (χ3n) is 5.64. The number of carbonyl (C=O) groups is 4. The second-order valence-electron chi connectivity index (χ2n) is 8.53. The minimum absolute atomic E-state index is 0.100. The van der Waals surface area contributed by atoms with Gasteiger partial charge < -0.3 is 38.2 Å². The van der Waals surface area contributed by atoms with Crippen molar-refractivity contribution in [2.45, 2.75) is 40.3 Å². The lowest BCUT2D eigenvalue weighted by Gasteiger charge is -2.34. The molecule has 2 amide bonds. The molecule has 0 radical (unpaired) electrons. The second kappa shape index (κ2) is 13.5. The van der Waals surface area contributed by atoms with Crippen molar-refractivity contribution in [1.29, 1.82) is 0 Å². The first-order valence-corrected chi connectivity index (χ1v) is 12.7. The maximum absolute atomic E-state index is 12.6. The van der Waals surface area contributed by atoms with Crippen LogP contribution < -0.4 is 9.47 Å². The lowest BCUT2D eigenvalue weighted by molar-refractivity contribution is -0.0520. The van der Waals surface area contributed by atoms with E-state index in [0.717, 1.165) is 0 Å². The van der Waals surface area contributed by atoms with Crippen LogP contribution in [0.3, 0.4) is 0 Å². The summed E-state index contributed by atoms with van der Waals surface area (Å²) < 4.78 is 34.6. The summed E-state index contributed by atoms with van der Waals surface area (Å²) in [4.78, 5) is 52.3. The fraction of sp³-hybridized carbons (Fsp3) is 0.583. The first kappa shape index (κ1) is 30.0. The van der Waals surface area contributed by atoms with Crippen LogP contribution in [0.5, 0.6) is 11.8 Å². The van der Waals surface area contributed by atoms with Gasteiger partial charge in [-0.3, -0.25) is 0 Å². The summed E-state index contributed by atoms with van der Waals surface area (Å²) in [6.45, 7) is 7.48. The molecule has 1 aliphatic rings. The van der Waals surface area contributed by atoms with Gasteiger partial charge in [0.1, 0.15) is 11.1 Å². The highest BCUT2D eigenvalue weighted by Crippen LogP contribution is 2.22. The molecule has 2 atom stereocenters. The molecule has 0 unspecified atom stereocenters. The average molecular weight is 567 g/mol. The zero-order chi connectivity index (χ0) is 29.4. The lowest BCUT2D eigenvalue weighted by atomic mass is 10.3. The highest BCUT2D eigenvalue weighted by atomic mass is 16.7. The molecule has 1 aliphatic heterocycles. The van der Waals surface area contributed by atoms with Gasteiger partial charge in [-0.2, -0.15) is 10.2 Å². The summed E-state index contributed by atoms with van der Waals surface area (Å²) in [6.07, 6.45) is -0.767. The van der Waals surface area contributed by atoms with E-state index in [-0.39, 0.29) is 62.3 Å². The molecule has 0 saturated carbocycles. The summed E-state index contributed by atoms with van der Waals surface area (Å²) in [6, 6.07) is 0. The van der Waals surface area contributed by atoms with E-state index in [2.05, 4.69) is 10.2 Å². The molecule has 0 aromatic carbocycles. The quantitative estimate of drug-likeness (QED) is 0.232. The summed E-state index contributed by atoms with van der Waals surface area (Å²) in [7, 11) is 3.15. The van der Waals surface area contributed by atoms with Crippen molar-refractivity contribution in [2.75, 3.05) is 39.4 Å². The molecule has 1 fully saturated rings. The molecule has 0 bridgehead atoms. The van der Waals surface area contributed by atoms with E-state index < -0.39 is 36.7 Å². The topological polar surface area (TPSA) is 166 Å². The maximum Gasteiger partial charge on any atom is 0.412 e. The molecule has 0 N–H and O–H groups in total. The van der Waals surface area contributed by atoms with E-state index in [9.17, 15) is 19.2 Å². The predicted molar refractivity (Wildman–Crippen MR) is 135 cm³/mol. The number of carbonyl (C=O) groups excluding carboxylic acids is 4. The molecule has 2 aromatic rings. The van der Waals surface area contributed by atoms with Crippen molar-refractivity contribution in [3.05, 3.63) is 23.5 Å². The highest BCUT2D eigenvalue weighted by Gasteiger charge is 2.30. The lowest BCUT2D eigenvalue weighted by Crippen LogP contribution is -2.52. The molecule has 0 aliphatic carbocycles. The zero-order valence-electron chi connectivity index (χ0n) is 23.3. The van der Waals surface area contributed by atoms with Crippen LogP contribution in [0.15, 0.2) is 12.4 Å². The van der Waals surface area contributed by atoms with Crippen LogP contribution in [0.4, 0.5) is 9.59 Å². The summed E-state index contributed by atoms with van der Waals surface area (Å²) in [5, 5.41) is 7.98. The highest BCUT2D eigenvalue weighted by molar-refractivity contribution is 5.92. The van der Waals surface area contributed by atoms with Crippen molar-refractivity contribution in [2.24, 2.45) is 14.1 Å². The molecule has 0 spiro atoms. The first-order valence-electron chi connectivity index (χ1n) is 12.7. The van der Waals surface area contributed by atoms with Gasteiger partial charge in [-0.05, 0) is 13.8 Å². The Morgan fingerprint density at radius 3 is 1.40 bits per heavy atom.